The molecule has 0 radical (unpaired) electrons. The summed E-state index contributed by atoms with van der Waals surface area (Å²) in [6.45, 7) is 5.34. The van der Waals surface area contributed by atoms with Gasteiger partial charge in [0.15, 0.2) is 5.65 Å². The number of nitrogens with zero attached hydrogens (tertiary/aromatic N) is 6. The predicted molar refractivity (Wildman–Crippen MR) is 130 cm³/mol. The molecule has 3 aromatic heterocycles. The zero-order valence-corrected chi connectivity index (χ0v) is 19.9. The SMILES string of the molecule is CCCCNc1ncc2c(n1)n(C1CCN(Cc3cncc(F)c3)CC1)c(=O)n2C1CCCC1. The van der Waals surface area contributed by atoms with Crippen molar-refractivity contribution in [3.05, 3.63) is 46.5 Å². The van der Waals surface area contributed by atoms with Gasteiger partial charge in [-0.05, 0) is 43.7 Å². The van der Waals surface area contributed by atoms with Crippen LogP contribution in [0.2, 0.25) is 0 Å². The minimum atomic E-state index is -0.304. The van der Waals surface area contributed by atoms with Crippen LogP contribution >= 0.6 is 0 Å². The van der Waals surface area contributed by atoms with Gasteiger partial charge in [0.2, 0.25) is 5.95 Å². The molecule has 2 aliphatic rings. The molecule has 1 saturated carbocycles. The second kappa shape index (κ2) is 10.2. The third-order valence-corrected chi connectivity index (χ3v) is 7.24. The number of piperidine rings is 1. The van der Waals surface area contributed by atoms with Crippen LogP contribution in [0.4, 0.5) is 10.3 Å². The lowest BCUT2D eigenvalue weighted by Gasteiger charge is -2.32. The number of hydrogen-bond donors (Lipinski definition) is 1. The van der Waals surface area contributed by atoms with E-state index in [1.165, 1.54) is 6.20 Å². The van der Waals surface area contributed by atoms with E-state index < -0.39 is 0 Å². The largest absolute Gasteiger partial charge is 0.354 e. The Morgan fingerprint density at radius 2 is 1.82 bits per heavy atom. The number of aromatic nitrogens is 5. The minimum absolute atomic E-state index is 0.0506. The maximum absolute atomic E-state index is 13.7. The molecular weight excluding hydrogens is 433 g/mol. The Labute approximate surface area is 199 Å². The third kappa shape index (κ3) is 4.71. The molecule has 1 aliphatic heterocycles. The molecule has 1 N–H and O–H groups in total. The first kappa shape index (κ1) is 23.0. The van der Waals surface area contributed by atoms with Crippen molar-refractivity contribution in [2.24, 2.45) is 0 Å². The van der Waals surface area contributed by atoms with Crippen LogP contribution in [0.15, 0.2) is 29.5 Å². The molecule has 34 heavy (non-hydrogen) atoms. The van der Waals surface area contributed by atoms with E-state index in [9.17, 15) is 9.18 Å². The monoisotopic (exact) mass is 467 g/mol. The molecule has 182 valence electrons. The molecule has 0 atom stereocenters. The summed E-state index contributed by atoms with van der Waals surface area (Å²) in [6, 6.07) is 1.88. The maximum atomic E-state index is 13.7. The van der Waals surface area contributed by atoms with E-state index in [2.05, 4.69) is 27.1 Å². The van der Waals surface area contributed by atoms with Crippen LogP contribution < -0.4 is 11.0 Å². The standard InChI is InChI=1S/C25H34FN7O/c1-2-3-10-28-24-29-16-22-23(30-24)33(25(34)32(22)20-6-4-5-7-20)21-8-11-31(12-9-21)17-18-13-19(26)15-27-14-18/h13-16,20-21H,2-12,17H2,1H3,(H,28,29,30). The number of likely N-dealkylation sites (tertiary alicyclic amines) is 1. The molecule has 1 saturated heterocycles. The highest BCUT2D eigenvalue weighted by Gasteiger charge is 2.29. The predicted octanol–water partition coefficient (Wildman–Crippen LogP) is 4.29. The van der Waals surface area contributed by atoms with Crippen LogP contribution in [0.5, 0.6) is 0 Å². The van der Waals surface area contributed by atoms with Gasteiger partial charge in [0.1, 0.15) is 11.3 Å². The van der Waals surface area contributed by atoms with E-state index in [1.807, 2.05) is 15.3 Å². The Bertz CT molecular complexity index is 1180. The average molecular weight is 468 g/mol. The van der Waals surface area contributed by atoms with Crippen molar-refractivity contribution in [1.82, 2.24) is 29.0 Å². The first-order valence-corrected chi connectivity index (χ1v) is 12.7. The number of pyridine rings is 1. The Balaban J connectivity index is 1.40. The van der Waals surface area contributed by atoms with Crippen molar-refractivity contribution in [2.75, 3.05) is 25.0 Å². The fourth-order valence-corrected chi connectivity index (χ4v) is 5.47. The fourth-order valence-electron chi connectivity index (χ4n) is 5.47. The highest BCUT2D eigenvalue weighted by molar-refractivity contribution is 5.72. The molecule has 4 heterocycles. The van der Waals surface area contributed by atoms with Crippen molar-refractivity contribution in [2.45, 2.75) is 76.9 Å². The molecule has 0 bridgehead atoms. The number of anilines is 1. The van der Waals surface area contributed by atoms with Crippen molar-refractivity contribution in [1.29, 1.82) is 0 Å². The van der Waals surface area contributed by atoms with E-state index in [0.29, 0.717) is 12.5 Å². The van der Waals surface area contributed by atoms with Crippen LogP contribution in [0.3, 0.4) is 0 Å². The number of halogens is 1. The molecule has 0 spiro atoms. The van der Waals surface area contributed by atoms with Crippen LogP contribution in [0.25, 0.3) is 11.2 Å². The van der Waals surface area contributed by atoms with Crippen molar-refractivity contribution in [3.8, 4) is 0 Å². The van der Waals surface area contributed by atoms with Crippen molar-refractivity contribution >= 4 is 17.1 Å². The zero-order chi connectivity index (χ0) is 23.5. The fraction of sp³-hybridized carbons (Fsp3) is 0.600. The van der Waals surface area contributed by atoms with Crippen molar-refractivity contribution < 1.29 is 4.39 Å². The highest BCUT2D eigenvalue weighted by atomic mass is 19.1. The number of nitrogens with one attached hydrogen (secondary N) is 1. The Kier molecular flexibility index (Phi) is 6.89. The molecule has 0 amide bonds. The van der Waals surface area contributed by atoms with Gasteiger partial charge in [-0.25, -0.2) is 14.2 Å². The van der Waals surface area contributed by atoms with Gasteiger partial charge in [-0.2, -0.15) is 4.98 Å². The molecule has 8 nitrogen and oxygen atoms in total. The van der Waals surface area contributed by atoms with Crippen LogP contribution in [0.1, 0.15) is 75.9 Å². The second-order valence-corrected chi connectivity index (χ2v) is 9.66. The number of imidazole rings is 1. The summed E-state index contributed by atoms with van der Waals surface area (Å²) in [5.74, 6) is 0.288. The number of unbranched alkanes of at least 4 members (excludes halogenated alkanes) is 1. The topological polar surface area (TPSA) is 80.9 Å². The van der Waals surface area contributed by atoms with Crippen molar-refractivity contribution in [3.63, 3.8) is 0 Å². The minimum Gasteiger partial charge on any atom is -0.354 e. The number of rotatable bonds is 8. The molecule has 2 fully saturated rings. The molecule has 9 heteroatoms. The molecule has 0 unspecified atom stereocenters. The van der Waals surface area contributed by atoms with E-state index >= 15 is 0 Å². The summed E-state index contributed by atoms with van der Waals surface area (Å²) in [7, 11) is 0. The van der Waals surface area contributed by atoms with E-state index in [4.69, 9.17) is 4.98 Å². The summed E-state index contributed by atoms with van der Waals surface area (Å²) < 4.78 is 17.4. The van der Waals surface area contributed by atoms with Gasteiger partial charge in [-0.1, -0.05) is 26.2 Å². The van der Waals surface area contributed by atoms with Gasteiger partial charge in [0.05, 0.1) is 12.4 Å². The first-order valence-electron chi connectivity index (χ1n) is 12.7. The summed E-state index contributed by atoms with van der Waals surface area (Å²) in [4.78, 5) is 29.4. The smallest absolute Gasteiger partial charge is 0.330 e. The first-order chi connectivity index (χ1) is 16.6. The number of hydrogen-bond acceptors (Lipinski definition) is 6. The highest BCUT2D eigenvalue weighted by Crippen LogP contribution is 2.33. The van der Waals surface area contributed by atoms with E-state index in [0.717, 1.165) is 87.7 Å². The van der Waals surface area contributed by atoms with Gasteiger partial charge >= 0.3 is 5.69 Å². The average Bonchev–Trinajstić information content (AvgIpc) is 3.45. The van der Waals surface area contributed by atoms with E-state index in [1.54, 1.807) is 12.3 Å². The summed E-state index contributed by atoms with van der Waals surface area (Å²) >= 11 is 0. The summed E-state index contributed by atoms with van der Waals surface area (Å²) in [5.41, 5.74) is 2.53. The molecule has 3 aromatic rings. The lowest BCUT2D eigenvalue weighted by molar-refractivity contribution is 0.178. The van der Waals surface area contributed by atoms with E-state index in [-0.39, 0.29) is 23.6 Å². The molecular formula is C25H34FN7O. The van der Waals surface area contributed by atoms with Gasteiger partial charge in [0.25, 0.3) is 0 Å². The quantitative estimate of drug-likeness (QED) is 0.498. The summed E-state index contributed by atoms with van der Waals surface area (Å²) in [6.07, 6.45) is 13.0. The summed E-state index contributed by atoms with van der Waals surface area (Å²) in [5, 5.41) is 3.31. The van der Waals surface area contributed by atoms with Gasteiger partial charge in [-0.3, -0.25) is 19.0 Å². The van der Waals surface area contributed by atoms with Crippen LogP contribution in [-0.2, 0) is 6.54 Å². The Hall–Kier alpha value is -2.81. The molecule has 0 aromatic carbocycles. The third-order valence-electron chi connectivity index (χ3n) is 7.24. The van der Waals surface area contributed by atoms with Gasteiger partial charge in [-0.15, -0.1) is 0 Å². The Morgan fingerprint density at radius 1 is 1.06 bits per heavy atom. The number of fused-ring (bicyclic) bond motifs is 1. The van der Waals surface area contributed by atoms with Gasteiger partial charge < -0.3 is 5.32 Å². The van der Waals surface area contributed by atoms with Crippen LogP contribution in [-0.4, -0.2) is 48.6 Å². The van der Waals surface area contributed by atoms with Gasteiger partial charge in [0, 0.05) is 44.5 Å². The maximum Gasteiger partial charge on any atom is 0.330 e. The normalized spacial score (nSPS) is 18.2. The lowest BCUT2D eigenvalue weighted by atomic mass is 10.0. The second-order valence-electron chi connectivity index (χ2n) is 9.66. The molecule has 5 rings (SSSR count). The lowest BCUT2D eigenvalue weighted by Crippen LogP contribution is -2.38. The molecule has 1 aliphatic carbocycles. The zero-order valence-electron chi connectivity index (χ0n) is 19.9. The Morgan fingerprint density at radius 3 is 2.56 bits per heavy atom. The van der Waals surface area contributed by atoms with Crippen LogP contribution in [0, 0.1) is 5.82 Å².